The van der Waals surface area contributed by atoms with Crippen LogP contribution in [0.1, 0.15) is 65.2 Å². The topological polar surface area (TPSA) is 32.3 Å². The lowest BCUT2D eigenvalue weighted by Crippen LogP contribution is -2.34. The number of rotatable bonds is 9. The van der Waals surface area contributed by atoms with E-state index in [1.54, 1.807) is 0 Å². The van der Waals surface area contributed by atoms with Gasteiger partial charge in [-0.2, -0.15) is 0 Å². The molecule has 1 saturated carbocycles. The molecular formula is C16H33NO. The van der Waals surface area contributed by atoms with Crippen LogP contribution in [0.5, 0.6) is 0 Å². The fourth-order valence-electron chi connectivity index (χ4n) is 3.21. The molecule has 0 saturated heterocycles. The Kier molecular flexibility index (Phi) is 8.70. The normalized spacial score (nSPS) is 26.2. The number of hydrogen-bond donors (Lipinski definition) is 2. The molecule has 1 aliphatic carbocycles. The molecule has 2 N–H and O–H groups in total. The maximum Gasteiger partial charge on any atom is 0.0462 e. The molecule has 0 aromatic rings. The van der Waals surface area contributed by atoms with Gasteiger partial charge in [0, 0.05) is 6.61 Å². The zero-order valence-electron chi connectivity index (χ0n) is 12.5. The van der Waals surface area contributed by atoms with Crippen molar-refractivity contribution in [1.29, 1.82) is 0 Å². The largest absolute Gasteiger partial charge is 0.396 e. The predicted octanol–water partition coefficient (Wildman–Crippen LogP) is 3.59. The van der Waals surface area contributed by atoms with Crippen LogP contribution in [0.15, 0.2) is 0 Å². The van der Waals surface area contributed by atoms with E-state index in [-0.39, 0.29) is 0 Å². The molecule has 18 heavy (non-hydrogen) atoms. The van der Waals surface area contributed by atoms with E-state index in [2.05, 4.69) is 19.2 Å². The quantitative estimate of drug-likeness (QED) is 0.660. The van der Waals surface area contributed by atoms with Crippen molar-refractivity contribution in [2.24, 2.45) is 17.8 Å². The van der Waals surface area contributed by atoms with E-state index in [0.29, 0.717) is 18.4 Å². The molecule has 1 aliphatic rings. The maximum absolute atomic E-state index is 9.40. The molecule has 1 fully saturated rings. The Balaban J connectivity index is 2.18. The molecule has 0 bridgehead atoms. The van der Waals surface area contributed by atoms with Crippen molar-refractivity contribution in [2.45, 2.75) is 65.2 Å². The molecule has 3 atom stereocenters. The minimum Gasteiger partial charge on any atom is -0.396 e. The first-order chi connectivity index (χ1) is 8.81. The van der Waals surface area contributed by atoms with Crippen LogP contribution in [0.4, 0.5) is 0 Å². The van der Waals surface area contributed by atoms with Crippen LogP contribution in [0.2, 0.25) is 0 Å². The third kappa shape index (κ3) is 5.71. The van der Waals surface area contributed by atoms with Gasteiger partial charge in [-0.25, -0.2) is 0 Å². The highest BCUT2D eigenvalue weighted by molar-refractivity contribution is 4.77. The zero-order valence-corrected chi connectivity index (χ0v) is 12.5. The van der Waals surface area contributed by atoms with E-state index < -0.39 is 0 Å². The Morgan fingerprint density at radius 3 is 2.50 bits per heavy atom. The smallest absolute Gasteiger partial charge is 0.0462 e. The van der Waals surface area contributed by atoms with Crippen molar-refractivity contribution in [3.63, 3.8) is 0 Å². The molecule has 0 aromatic carbocycles. The van der Waals surface area contributed by atoms with E-state index in [0.717, 1.165) is 12.5 Å². The van der Waals surface area contributed by atoms with Gasteiger partial charge in [0.15, 0.2) is 0 Å². The van der Waals surface area contributed by atoms with Gasteiger partial charge < -0.3 is 10.4 Å². The van der Waals surface area contributed by atoms with Gasteiger partial charge in [-0.15, -0.1) is 0 Å². The first kappa shape index (κ1) is 16.0. The monoisotopic (exact) mass is 255 g/mol. The molecule has 0 heterocycles. The van der Waals surface area contributed by atoms with Gasteiger partial charge in [0.2, 0.25) is 0 Å². The first-order valence-corrected chi connectivity index (χ1v) is 8.13. The van der Waals surface area contributed by atoms with Gasteiger partial charge >= 0.3 is 0 Å². The van der Waals surface area contributed by atoms with Crippen LogP contribution in [0.25, 0.3) is 0 Å². The van der Waals surface area contributed by atoms with Crippen molar-refractivity contribution >= 4 is 0 Å². The number of aliphatic hydroxyl groups is 1. The fourth-order valence-corrected chi connectivity index (χ4v) is 3.21. The lowest BCUT2D eigenvalue weighted by Gasteiger charge is -2.31. The maximum atomic E-state index is 9.40. The molecule has 2 nitrogen and oxygen atoms in total. The van der Waals surface area contributed by atoms with Crippen LogP contribution < -0.4 is 5.32 Å². The van der Waals surface area contributed by atoms with Crippen LogP contribution in [-0.4, -0.2) is 24.8 Å². The zero-order chi connectivity index (χ0) is 13.2. The Bertz CT molecular complexity index is 196. The molecule has 0 radical (unpaired) electrons. The van der Waals surface area contributed by atoms with Crippen molar-refractivity contribution in [1.82, 2.24) is 5.32 Å². The van der Waals surface area contributed by atoms with Crippen LogP contribution in [0.3, 0.4) is 0 Å². The summed E-state index contributed by atoms with van der Waals surface area (Å²) in [5.41, 5.74) is 0. The van der Waals surface area contributed by atoms with E-state index in [1.807, 2.05) is 0 Å². The van der Waals surface area contributed by atoms with Gasteiger partial charge in [0.25, 0.3) is 0 Å². The summed E-state index contributed by atoms with van der Waals surface area (Å²) < 4.78 is 0. The molecule has 0 spiro atoms. The average Bonchev–Trinajstić information content (AvgIpc) is 2.43. The average molecular weight is 255 g/mol. The number of aliphatic hydroxyl groups excluding tert-OH is 1. The van der Waals surface area contributed by atoms with Gasteiger partial charge in [-0.3, -0.25) is 0 Å². The summed E-state index contributed by atoms with van der Waals surface area (Å²) in [6.45, 7) is 7.26. The Morgan fingerprint density at radius 1 is 1.17 bits per heavy atom. The van der Waals surface area contributed by atoms with Crippen molar-refractivity contribution in [3.8, 4) is 0 Å². The van der Waals surface area contributed by atoms with Crippen LogP contribution >= 0.6 is 0 Å². The Morgan fingerprint density at radius 2 is 1.89 bits per heavy atom. The summed E-state index contributed by atoms with van der Waals surface area (Å²) in [5.74, 6) is 2.12. The SMILES string of the molecule is CCCCC(CC)CNCC1CCCCC1CO. The molecule has 108 valence electrons. The fraction of sp³-hybridized carbons (Fsp3) is 1.00. The Labute approximate surface area is 114 Å². The summed E-state index contributed by atoms with van der Waals surface area (Å²) in [7, 11) is 0. The van der Waals surface area contributed by atoms with E-state index in [4.69, 9.17) is 0 Å². The van der Waals surface area contributed by atoms with E-state index >= 15 is 0 Å². The molecule has 1 rings (SSSR count). The third-order valence-electron chi connectivity index (χ3n) is 4.68. The van der Waals surface area contributed by atoms with E-state index in [1.165, 1.54) is 57.9 Å². The minimum atomic E-state index is 0.388. The standard InChI is InChI=1S/C16H33NO/c1-3-5-8-14(4-2)11-17-12-15-9-6-7-10-16(15)13-18/h14-18H,3-13H2,1-2H3. The Hall–Kier alpha value is -0.0800. The summed E-state index contributed by atoms with van der Waals surface area (Å²) in [6.07, 6.45) is 10.6. The molecule has 0 aliphatic heterocycles. The highest BCUT2D eigenvalue weighted by Crippen LogP contribution is 2.29. The number of nitrogens with one attached hydrogen (secondary N) is 1. The second-order valence-corrected chi connectivity index (χ2v) is 6.06. The summed E-state index contributed by atoms with van der Waals surface area (Å²) >= 11 is 0. The lowest BCUT2D eigenvalue weighted by molar-refractivity contribution is 0.132. The summed E-state index contributed by atoms with van der Waals surface area (Å²) in [5, 5.41) is 13.1. The molecule has 0 amide bonds. The van der Waals surface area contributed by atoms with Crippen molar-refractivity contribution in [3.05, 3.63) is 0 Å². The van der Waals surface area contributed by atoms with Crippen LogP contribution in [-0.2, 0) is 0 Å². The lowest BCUT2D eigenvalue weighted by atomic mass is 9.79. The third-order valence-corrected chi connectivity index (χ3v) is 4.68. The van der Waals surface area contributed by atoms with Gasteiger partial charge in [-0.05, 0) is 50.1 Å². The summed E-state index contributed by atoms with van der Waals surface area (Å²) in [4.78, 5) is 0. The van der Waals surface area contributed by atoms with Crippen molar-refractivity contribution in [2.75, 3.05) is 19.7 Å². The molecule has 0 aromatic heterocycles. The number of unbranched alkanes of at least 4 members (excludes halogenated alkanes) is 1. The van der Waals surface area contributed by atoms with Gasteiger partial charge in [-0.1, -0.05) is 46.0 Å². The minimum absolute atomic E-state index is 0.388. The summed E-state index contributed by atoms with van der Waals surface area (Å²) in [6, 6.07) is 0. The highest BCUT2D eigenvalue weighted by Gasteiger charge is 2.24. The number of hydrogen-bond acceptors (Lipinski definition) is 2. The molecular weight excluding hydrogens is 222 g/mol. The molecule has 3 unspecified atom stereocenters. The predicted molar refractivity (Wildman–Crippen MR) is 78.7 cm³/mol. The van der Waals surface area contributed by atoms with Crippen LogP contribution in [0, 0.1) is 17.8 Å². The molecule has 2 heteroatoms. The first-order valence-electron chi connectivity index (χ1n) is 8.13. The van der Waals surface area contributed by atoms with Gasteiger partial charge in [0.05, 0.1) is 0 Å². The van der Waals surface area contributed by atoms with Gasteiger partial charge in [0.1, 0.15) is 0 Å². The van der Waals surface area contributed by atoms with E-state index in [9.17, 15) is 5.11 Å². The van der Waals surface area contributed by atoms with Crippen molar-refractivity contribution < 1.29 is 5.11 Å². The second kappa shape index (κ2) is 9.80. The highest BCUT2D eigenvalue weighted by atomic mass is 16.3. The second-order valence-electron chi connectivity index (χ2n) is 6.06.